The number of hydrogen-bond donors (Lipinski definition) is 1. The second-order valence-corrected chi connectivity index (χ2v) is 9.26. The van der Waals surface area contributed by atoms with Gasteiger partial charge in [0.1, 0.15) is 17.5 Å². The molecular formula is C27H31FN4O3. The Kier molecular flexibility index (Phi) is 7.73. The zero-order valence-corrected chi connectivity index (χ0v) is 20.3. The Balaban J connectivity index is 1.65. The lowest BCUT2D eigenvalue weighted by Crippen LogP contribution is -2.49. The first-order valence-electron chi connectivity index (χ1n) is 11.8. The number of aliphatic hydroxyl groups is 1. The van der Waals surface area contributed by atoms with Crippen LogP contribution in [0.3, 0.4) is 0 Å². The van der Waals surface area contributed by atoms with E-state index in [1.807, 2.05) is 39.2 Å². The molecule has 0 fully saturated rings. The molecular weight excluding hydrogens is 447 g/mol. The lowest BCUT2D eigenvalue weighted by Gasteiger charge is -2.37. The Morgan fingerprint density at radius 1 is 1.23 bits per heavy atom. The van der Waals surface area contributed by atoms with E-state index in [4.69, 9.17) is 4.74 Å². The van der Waals surface area contributed by atoms with Crippen LogP contribution in [0.15, 0.2) is 61.1 Å². The second kappa shape index (κ2) is 10.9. The van der Waals surface area contributed by atoms with E-state index < -0.39 is 0 Å². The number of pyridine rings is 2. The van der Waals surface area contributed by atoms with Crippen LogP contribution in [0, 0.1) is 11.7 Å². The zero-order valence-electron chi connectivity index (χ0n) is 20.3. The fourth-order valence-electron chi connectivity index (χ4n) is 4.30. The van der Waals surface area contributed by atoms with E-state index in [-0.39, 0.29) is 42.3 Å². The minimum Gasteiger partial charge on any atom is -0.472 e. The monoisotopic (exact) mass is 478 g/mol. The molecule has 1 aliphatic rings. The number of carbonyl (C=O) groups is 1. The summed E-state index contributed by atoms with van der Waals surface area (Å²) in [4.78, 5) is 26.1. The van der Waals surface area contributed by atoms with Gasteiger partial charge in [-0.05, 0) is 49.4 Å². The molecule has 0 aliphatic carbocycles. The van der Waals surface area contributed by atoms with Crippen molar-refractivity contribution in [3.8, 4) is 17.0 Å². The van der Waals surface area contributed by atoms with Crippen LogP contribution in [-0.2, 0) is 6.54 Å². The van der Waals surface area contributed by atoms with E-state index in [0.717, 1.165) is 11.1 Å². The molecule has 3 aromatic rings. The molecule has 0 radical (unpaired) electrons. The van der Waals surface area contributed by atoms with Crippen molar-refractivity contribution in [1.29, 1.82) is 0 Å². The number of likely N-dealkylation sites (N-methyl/N-ethyl adjacent to an activating group) is 1. The highest BCUT2D eigenvalue weighted by molar-refractivity contribution is 5.98. The van der Waals surface area contributed by atoms with Gasteiger partial charge in [0.25, 0.3) is 5.91 Å². The Labute approximate surface area is 205 Å². The molecule has 7 nitrogen and oxygen atoms in total. The number of carbonyl (C=O) groups excluding carboxylic acids is 1. The third kappa shape index (κ3) is 5.83. The summed E-state index contributed by atoms with van der Waals surface area (Å²) < 4.78 is 19.8. The molecule has 4 rings (SSSR count). The molecule has 184 valence electrons. The molecule has 1 amide bonds. The van der Waals surface area contributed by atoms with Gasteiger partial charge in [0, 0.05) is 49.7 Å². The summed E-state index contributed by atoms with van der Waals surface area (Å²) in [5.74, 6) is -0.312. The average molecular weight is 479 g/mol. The molecule has 0 unspecified atom stereocenters. The van der Waals surface area contributed by atoms with Crippen molar-refractivity contribution in [3.63, 3.8) is 0 Å². The van der Waals surface area contributed by atoms with Gasteiger partial charge in [-0.15, -0.1) is 0 Å². The van der Waals surface area contributed by atoms with E-state index in [0.29, 0.717) is 30.8 Å². The third-order valence-corrected chi connectivity index (χ3v) is 6.37. The zero-order chi connectivity index (χ0) is 24.9. The second-order valence-electron chi connectivity index (χ2n) is 9.26. The maximum absolute atomic E-state index is 13.6. The fraction of sp³-hybridized carbons (Fsp3) is 0.370. The van der Waals surface area contributed by atoms with Crippen molar-refractivity contribution >= 4 is 5.91 Å². The number of nitrogens with zero attached hydrogens (tertiary/aromatic N) is 4. The predicted octanol–water partition coefficient (Wildman–Crippen LogP) is 3.63. The number of hydrogen-bond acceptors (Lipinski definition) is 6. The van der Waals surface area contributed by atoms with Crippen molar-refractivity contribution in [3.05, 3.63) is 78.0 Å². The number of aliphatic hydroxyl groups excluding tert-OH is 1. The number of rotatable bonds is 7. The fourth-order valence-corrected chi connectivity index (χ4v) is 4.30. The van der Waals surface area contributed by atoms with Crippen LogP contribution in [0.4, 0.5) is 4.39 Å². The Hall–Kier alpha value is -3.36. The van der Waals surface area contributed by atoms with E-state index in [9.17, 15) is 14.3 Å². The maximum atomic E-state index is 13.6. The lowest BCUT2D eigenvalue weighted by atomic mass is 9.99. The SMILES string of the molecule is C[C@@H]1CN([C@@H](C)CO)C(=O)c2cc(-c3ccc(F)cc3)cnc2O[C@H]1CN(C)Cc1cccnc1. The summed E-state index contributed by atoms with van der Waals surface area (Å²) in [5, 5.41) is 9.84. The van der Waals surface area contributed by atoms with Crippen molar-refractivity contribution in [2.75, 3.05) is 26.7 Å². The lowest BCUT2D eigenvalue weighted by molar-refractivity contribution is 0.0325. The van der Waals surface area contributed by atoms with Gasteiger partial charge in [-0.3, -0.25) is 14.7 Å². The topological polar surface area (TPSA) is 78.8 Å². The number of benzene rings is 1. The first-order chi connectivity index (χ1) is 16.9. The Morgan fingerprint density at radius 3 is 2.69 bits per heavy atom. The molecule has 0 saturated carbocycles. The third-order valence-electron chi connectivity index (χ3n) is 6.37. The largest absolute Gasteiger partial charge is 0.472 e. The smallest absolute Gasteiger partial charge is 0.259 e. The van der Waals surface area contributed by atoms with Gasteiger partial charge >= 0.3 is 0 Å². The molecule has 3 heterocycles. The van der Waals surface area contributed by atoms with Crippen molar-refractivity contribution < 1.29 is 19.0 Å². The van der Waals surface area contributed by atoms with E-state index in [1.165, 1.54) is 12.1 Å². The molecule has 1 N–H and O–H groups in total. The summed E-state index contributed by atoms with van der Waals surface area (Å²) in [6.45, 7) is 5.49. The normalized spacial score (nSPS) is 19.0. The summed E-state index contributed by atoms with van der Waals surface area (Å²) >= 11 is 0. The van der Waals surface area contributed by atoms with Crippen LogP contribution in [0.1, 0.15) is 29.8 Å². The highest BCUT2D eigenvalue weighted by atomic mass is 19.1. The quantitative estimate of drug-likeness (QED) is 0.559. The molecule has 0 spiro atoms. The van der Waals surface area contributed by atoms with E-state index >= 15 is 0 Å². The first kappa shape index (κ1) is 24.8. The standard InChI is InChI=1S/C27H31FN4O3/c1-18-14-32(19(2)17-33)27(34)24-11-22(21-6-8-23(28)9-7-21)13-30-26(24)35-25(18)16-31(3)15-20-5-4-10-29-12-20/h4-13,18-19,25,33H,14-17H2,1-3H3/t18-,19+,25+/m1/s1. The van der Waals surface area contributed by atoms with Crippen LogP contribution in [0.25, 0.3) is 11.1 Å². The minimum atomic E-state index is -0.362. The van der Waals surface area contributed by atoms with Crippen molar-refractivity contribution in [1.82, 2.24) is 19.8 Å². The van der Waals surface area contributed by atoms with Gasteiger partial charge in [-0.25, -0.2) is 9.37 Å². The first-order valence-corrected chi connectivity index (χ1v) is 11.8. The molecule has 3 atom stereocenters. The molecule has 1 aliphatic heterocycles. The Morgan fingerprint density at radius 2 is 2.00 bits per heavy atom. The highest BCUT2D eigenvalue weighted by Gasteiger charge is 2.34. The molecule has 35 heavy (non-hydrogen) atoms. The molecule has 1 aromatic carbocycles. The van der Waals surface area contributed by atoms with E-state index in [1.54, 1.807) is 35.5 Å². The van der Waals surface area contributed by atoms with Crippen LogP contribution >= 0.6 is 0 Å². The number of ether oxygens (including phenoxy) is 1. The number of halogens is 1. The average Bonchev–Trinajstić information content (AvgIpc) is 2.86. The molecule has 2 aromatic heterocycles. The highest BCUT2D eigenvalue weighted by Crippen LogP contribution is 2.30. The van der Waals surface area contributed by atoms with Gasteiger partial charge in [-0.1, -0.05) is 25.1 Å². The van der Waals surface area contributed by atoms with Gasteiger partial charge in [0.2, 0.25) is 5.88 Å². The van der Waals surface area contributed by atoms with Gasteiger partial charge in [-0.2, -0.15) is 0 Å². The summed E-state index contributed by atoms with van der Waals surface area (Å²) in [5.41, 5.74) is 2.87. The van der Waals surface area contributed by atoms with Gasteiger partial charge < -0.3 is 14.7 Å². The Bertz CT molecular complexity index is 1140. The molecule has 0 saturated heterocycles. The van der Waals surface area contributed by atoms with Crippen LogP contribution in [0.5, 0.6) is 5.88 Å². The molecule has 8 heteroatoms. The summed E-state index contributed by atoms with van der Waals surface area (Å²) in [6, 6.07) is 11.4. The number of amides is 1. The summed E-state index contributed by atoms with van der Waals surface area (Å²) in [7, 11) is 2.02. The van der Waals surface area contributed by atoms with Crippen molar-refractivity contribution in [2.24, 2.45) is 5.92 Å². The number of aromatic nitrogens is 2. The van der Waals surface area contributed by atoms with Crippen LogP contribution in [0.2, 0.25) is 0 Å². The van der Waals surface area contributed by atoms with Gasteiger partial charge in [0.15, 0.2) is 0 Å². The minimum absolute atomic E-state index is 0.00368. The predicted molar refractivity (Wildman–Crippen MR) is 131 cm³/mol. The molecule has 0 bridgehead atoms. The summed E-state index contributed by atoms with van der Waals surface area (Å²) in [6.07, 6.45) is 5.00. The maximum Gasteiger partial charge on any atom is 0.259 e. The number of fused-ring (bicyclic) bond motifs is 1. The van der Waals surface area contributed by atoms with Crippen LogP contribution in [-0.4, -0.2) is 69.7 Å². The van der Waals surface area contributed by atoms with Crippen molar-refractivity contribution in [2.45, 2.75) is 32.5 Å². The van der Waals surface area contributed by atoms with Crippen LogP contribution < -0.4 is 4.74 Å². The van der Waals surface area contributed by atoms with E-state index in [2.05, 4.69) is 14.9 Å². The van der Waals surface area contributed by atoms with Gasteiger partial charge in [0.05, 0.1) is 12.6 Å².